The molecular formula is C12H15N3O3. The molecule has 1 heterocycles. The third-order valence-corrected chi connectivity index (χ3v) is 2.82. The van der Waals surface area contributed by atoms with Crippen molar-refractivity contribution in [3.05, 3.63) is 28.7 Å². The normalized spacial score (nSPS) is 10.7. The Morgan fingerprint density at radius 1 is 1.33 bits per heavy atom. The van der Waals surface area contributed by atoms with E-state index in [1.807, 2.05) is 30.1 Å². The SMILES string of the molecule is CN(CCCC(=O)O)c1ccc2[nH]c(=O)[nH]c2c1. The third-order valence-electron chi connectivity index (χ3n) is 2.82. The summed E-state index contributed by atoms with van der Waals surface area (Å²) < 4.78 is 0. The van der Waals surface area contributed by atoms with Crippen LogP contribution < -0.4 is 10.6 Å². The molecule has 0 atom stereocenters. The second kappa shape index (κ2) is 4.95. The molecular weight excluding hydrogens is 234 g/mol. The predicted octanol–water partition coefficient (Wildman–Crippen LogP) is 1.16. The van der Waals surface area contributed by atoms with Crippen LogP contribution in [0.25, 0.3) is 11.0 Å². The largest absolute Gasteiger partial charge is 0.481 e. The number of aromatic amines is 2. The standard InChI is InChI=1S/C12H15N3O3/c1-15(6-2-3-11(16)17)8-4-5-9-10(7-8)14-12(18)13-9/h4-5,7H,2-3,6H2,1H3,(H,16,17)(H2,13,14,18). The van der Waals surface area contributed by atoms with Crippen molar-refractivity contribution in [2.24, 2.45) is 0 Å². The molecule has 0 aliphatic rings. The maximum absolute atomic E-state index is 11.1. The van der Waals surface area contributed by atoms with Gasteiger partial charge in [-0.05, 0) is 24.6 Å². The van der Waals surface area contributed by atoms with Gasteiger partial charge in [-0.15, -0.1) is 0 Å². The Hall–Kier alpha value is -2.24. The Bertz CT molecular complexity index is 614. The lowest BCUT2D eigenvalue weighted by molar-refractivity contribution is -0.137. The number of benzene rings is 1. The van der Waals surface area contributed by atoms with Crippen LogP contribution >= 0.6 is 0 Å². The summed E-state index contributed by atoms with van der Waals surface area (Å²) in [5, 5.41) is 8.58. The molecule has 0 unspecified atom stereocenters. The number of H-pyrrole nitrogens is 2. The van der Waals surface area contributed by atoms with E-state index in [-0.39, 0.29) is 12.1 Å². The summed E-state index contributed by atoms with van der Waals surface area (Å²) >= 11 is 0. The number of carboxylic acids is 1. The van der Waals surface area contributed by atoms with E-state index in [4.69, 9.17) is 5.11 Å². The Balaban J connectivity index is 2.09. The number of imidazole rings is 1. The molecule has 1 aromatic heterocycles. The number of fused-ring (bicyclic) bond motifs is 1. The van der Waals surface area contributed by atoms with E-state index in [1.165, 1.54) is 0 Å². The van der Waals surface area contributed by atoms with Gasteiger partial charge in [-0.3, -0.25) is 4.79 Å². The molecule has 0 saturated heterocycles. The van der Waals surface area contributed by atoms with Gasteiger partial charge < -0.3 is 20.0 Å². The lowest BCUT2D eigenvalue weighted by atomic mass is 10.2. The summed E-state index contributed by atoms with van der Waals surface area (Å²) in [6.45, 7) is 0.659. The number of nitrogens with zero attached hydrogens (tertiary/aromatic N) is 1. The highest BCUT2D eigenvalue weighted by Crippen LogP contribution is 2.18. The van der Waals surface area contributed by atoms with Crippen LogP contribution in [0.2, 0.25) is 0 Å². The lowest BCUT2D eigenvalue weighted by Crippen LogP contribution is -2.19. The maximum Gasteiger partial charge on any atom is 0.323 e. The minimum atomic E-state index is -0.784. The predicted molar refractivity (Wildman–Crippen MR) is 69.1 cm³/mol. The fourth-order valence-corrected chi connectivity index (χ4v) is 1.85. The average Bonchev–Trinajstić information content (AvgIpc) is 2.67. The summed E-state index contributed by atoms with van der Waals surface area (Å²) in [7, 11) is 1.90. The number of aliphatic carboxylic acids is 1. The molecule has 0 aliphatic heterocycles. The van der Waals surface area contributed by atoms with Gasteiger partial charge in [0.2, 0.25) is 0 Å². The maximum atomic E-state index is 11.1. The first-order chi connectivity index (χ1) is 8.56. The second-order valence-corrected chi connectivity index (χ2v) is 4.23. The van der Waals surface area contributed by atoms with E-state index in [0.717, 1.165) is 16.7 Å². The monoisotopic (exact) mass is 249 g/mol. The summed E-state index contributed by atoms with van der Waals surface area (Å²) in [6, 6.07) is 5.59. The number of carboxylic acid groups (broad SMARTS) is 1. The van der Waals surface area contributed by atoms with Crippen molar-refractivity contribution in [2.75, 3.05) is 18.5 Å². The van der Waals surface area contributed by atoms with Crippen molar-refractivity contribution in [2.45, 2.75) is 12.8 Å². The van der Waals surface area contributed by atoms with Gasteiger partial charge in [0.1, 0.15) is 0 Å². The number of rotatable bonds is 5. The fourth-order valence-electron chi connectivity index (χ4n) is 1.85. The number of aromatic nitrogens is 2. The van der Waals surface area contributed by atoms with Crippen LogP contribution in [0.15, 0.2) is 23.0 Å². The van der Waals surface area contributed by atoms with Gasteiger partial charge in [0, 0.05) is 25.7 Å². The topological polar surface area (TPSA) is 89.2 Å². The summed E-state index contributed by atoms with van der Waals surface area (Å²) in [6.07, 6.45) is 0.751. The Morgan fingerprint density at radius 2 is 2.06 bits per heavy atom. The van der Waals surface area contributed by atoms with E-state index in [2.05, 4.69) is 9.97 Å². The zero-order valence-electron chi connectivity index (χ0n) is 10.1. The van der Waals surface area contributed by atoms with Crippen LogP contribution in [0, 0.1) is 0 Å². The Morgan fingerprint density at radius 3 is 2.78 bits per heavy atom. The molecule has 2 rings (SSSR count). The molecule has 0 aliphatic carbocycles. The number of nitrogens with one attached hydrogen (secondary N) is 2. The minimum absolute atomic E-state index is 0.160. The number of hydrogen-bond donors (Lipinski definition) is 3. The molecule has 0 bridgehead atoms. The second-order valence-electron chi connectivity index (χ2n) is 4.23. The van der Waals surface area contributed by atoms with Gasteiger partial charge in [-0.25, -0.2) is 4.79 Å². The summed E-state index contributed by atoms with van der Waals surface area (Å²) in [4.78, 5) is 28.9. The van der Waals surface area contributed by atoms with Crippen LogP contribution in [-0.2, 0) is 4.79 Å². The minimum Gasteiger partial charge on any atom is -0.481 e. The van der Waals surface area contributed by atoms with Crippen molar-refractivity contribution >= 4 is 22.7 Å². The van der Waals surface area contributed by atoms with Gasteiger partial charge >= 0.3 is 11.7 Å². The van der Waals surface area contributed by atoms with E-state index in [0.29, 0.717) is 13.0 Å². The number of anilines is 1. The van der Waals surface area contributed by atoms with E-state index in [9.17, 15) is 9.59 Å². The molecule has 1 aromatic carbocycles. The highest BCUT2D eigenvalue weighted by Gasteiger charge is 2.05. The van der Waals surface area contributed by atoms with Gasteiger partial charge in [0.15, 0.2) is 0 Å². The van der Waals surface area contributed by atoms with Crippen LogP contribution in [0.1, 0.15) is 12.8 Å². The molecule has 3 N–H and O–H groups in total. The lowest BCUT2D eigenvalue weighted by Gasteiger charge is -2.18. The molecule has 2 aromatic rings. The molecule has 18 heavy (non-hydrogen) atoms. The summed E-state index contributed by atoms with van der Waals surface area (Å²) in [5.41, 5.74) is 2.24. The van der Waals surface area contributed by atoms with Crippen LogP contribution in [0.4, 0.5) is 5.69 Å². The highest BCUT2D eigenvalue weighted by atomic mass is 16.4. The number of carbonyl (C=O) groups is 1. The molecule has 0 amide bonds. The molecule has 96 valence electrons. The molecule has 0 saturated carbocycles. The molecule has 0 radical (unpaired) electrons. The molecule has 0 spiro atoms. The number of hydrogen-bond acceptors (Lipinski definition) is 3. The first kappa shape index (κ1) is 12.2. The Labute approximate surface area is 103 Å². The first-order valence-electron chi connectivity index (χ1n) is 5.71. The molecule has 6 heteroatoms. The van der Waals surface area contributed by atoms with Crippen molar-refractivity contribution in [3.8, 4) is 0 Å². The van der Waals surface area contributed by atoms with Crippen molar-refractivity contribution in [3.63, 3.8) is 0 Å². The first-order valence-corrected chi connectivity index (χ1v) is 5.71. The Kier molecular flexibility index (Phi) is 3.36. The van der Waals surface area contributed by atoms with Gasteiger partial charge in [-0.2, -0.15) is 0 Å². The zero-order valence-corrected chi connectivity index (χ0v) is 10.1. The highest BCUT2D eigenvalue weighted by molar-refractivity contribution is 5.78. The van der Waals surface area contributed by atoms with Crippen molar-refractivity contribution < 1.29 is 9.90 Å². The molecule has 0 fully saturated rings. The van der Waals surface area contributed by atoms with Crippen LogP contribution in [0.3, 0.4) is 0 Å². The summed E-state index contributed by atoms with van der Waals surface area (Å²) in [5.74, 6) is -0.784. The van der Waals surface area contributed by atoms with Gasteiger partial charge in [0.05, 0.1) is 11.0 Å². The average molecular weight is 249 g/mol. The fraction of sp³-hybridized carbons (Fsp3) is 0.333. The van der Waals surface area contributed by atoms with Crippen molar-refractivity contribution in [1.82, 2.24) is 9.97 Å². The molecule has 6 nitrogen and oxygen atoms in total. The third kappa shape index (κ3) is 2.71. The van der Waals surface area contributed by atoms with Gasteiger partial charge in [-0.1, -0.05) is 0 Å². The van der Waals surface area contributed by atoms with Crippen molar-refractivity contribution in [1.29, 1.82) is 0 Å². The van der Waals surface area contributed by atoms with Crippen LogP contribution in [-0.4, -0.2) is 34.6 Å². The van der Waals surface area contributed by atoms with E-state index >= 15 is 0 Å². The smallest absolute Gasteiger partial charge is 0.323 e. The quantitative estimate of drug-likeness (QED) is 0.741. The zero-order chi connectivity index (χ0) is 13.1. The van der Waals surface area contributed by atoms with Crippen LogP contribution in [0.5, 0.6) is 0 Å². The van der Waals surface area contributed by atoms with Gasteiger partial charge in [0.25, 0.3) is 0 Å². The van der Waals surface area contributed by atoms with E-state index in [1.54, 1.807) is 0 Å². The van der Waals surface area contributed by atoms with E-state index < -0.39 is 5.97 Å².